The lowest BCUT2D eigenvalue weighted by Crippen LogP contribution is -2.24. The third-order valence-electron chi connectivity index (χ3n) is 2.69. The van der Waals surface area contributed by atoms with Crippen molar-refractivity contribution in [2.45, 2.75) is 52.9 Å². The number of hydrogen-bond acceptors (Lipinski definition) is 1. The zero-order chi connectivity index (χ0) is 10.3. The molecule has 0 fully saturated rings. The molecule has 1 amide bonds. The summed E-state index contributed by atoms with van der Waals surface area (Å²) in [5.41, 5.74) is 5.34. The first-order valence-corrected chi connectivity index (χ1v) is 5.41. The van der Waals surface area contributed by atoms with Gasteiger partial charge in [0.15, 0.2) is 0 Å². The second kappa shape index (κ2) is 6.93. The molecule has 0 aromatic rings. The molecule has 2 N–H and O–H groups in total. The molecule has 0 saturated heterocycles. The molecule has 0 heterocycles. The summed E-state index contributed by atoms with van der Waals surface area (Å²) < 4.78 is 0. The Labute approximate surface area is 81.9 Å². The minimum absolute atomic E-state index is 0.106. The van der Waals surface area contributed by atoms with Gasteiger partial charge < -0.3 is 5.73 Å². The van der Waals surface area contributed by atoms with Crippen molar-refractivity contribution < 1.29 is 4.79 Å². The van der Waals surface area contributed by atoms with Crippen LogP contribution in [0.3, 0.4) is 0 Å². The summed E-state index contributed by atoms with van der Waals surface area (Å²) >= 11 is 0. The average Bonchev–Trinajstić information content (AvgIpc) is 2.11. The van der Waals surface area contributed by atoms with Crippen LogP contribution >= 0.6 is 0 Å². The van der Waals surface area contributed by atoms with Crippen LogP contribution in [0.1, 0.15) is 52.9 Å². The Kier molecular flexibility index (Phi) is 6.65. The summed E-state index contributed by atoms with van der Waals surface area (Å²) in [5.74, 6) is 0.609. The molecule has 0 bridgehead atoms. The predicted molar refractivity (Wildman–Crippen MR) is 56.3 cm³/mol. The zero-order valence-corrected chi connectivity index (χ0v) is 9.18. The van der Waals surface area contributed by atoms with Crippen LogP contribution in [0, 0.1) is 11.8 Å². The Morgan fingerprint density at radius 2 is 2.00 bits per heavy atom. The molecular formula is C11H23NO. The second-order valence-electron chi connectivity index (χ2n) is 3.99. The molecule has 2 atom stereocenters. The van der Waals surface area contributed by atoms with E-state index in [0.717, 1.165) is 32.1 Å². The van der Waals surface area contributed by atoms with Crippen molar-refractivity contribution in [2.75, 3.05) is 0 Å². The highest BCUT2D eigenvalue weighted by Gasteiger charge is 2.16. The number of nitrogens with two attached hydrogens (primary N) is 1. The maximum absolute atomic E-state index is 11.1. The SMILES string of the molecule is CCCC[C@@H](CC(C)CC)C(N)=O. The normalized spacial score (nSPS) is 15.3. The number of primary amides is 1. The van der Waals surface area contributed by atoms with Gasteiger partial charge in [0.2, 0.25) is 5.91 Å². The van der Waals surface area contributed by atoms with E-state index >= 15 is 0 Å². The van der Waals surface area contributed by atoms with Crippen LogP contribution in [0.15, 0.2) is 0 Å². The van der Waals surface area contributed by atoms with E-state index in [9.17, 15) is 4.79 Å². The number of unbranched alkanes of at least 4 members (excludes halogenated alkanes) is 1. The molecule has 0 aromatic carbocycles. The highest BCUT2D eigenvalue weighted by Crippen LogP contribution is 2.19. The fraction of sp³-hybridized carbons (Fsp3) is 0.909. The van der Waals surface area contributed by atoms with Crippen molar-refractivity contribution in [1.82, 2.24) is 0 Å². The van der Waals surface area contributed by atoms with E-state index in [4.69, 9.17) is 5.73 Å². The van der Waals surface area contributed by atoms with Crippen molar-refractivity contribution in [3.63, 3.8) is 0 Å². The molecule has 0 aliphatic heterocycles. The van der Waals surface area contributed by atoms with Crippen molar-refractivity contribution in [1.29, 1.82) is 0 Å². The zero-order valence-electron chi connectivity index (χ0n) is 9.18. The fourth-order valence-corrected chi connectivity index (χ4v) is 1.48. The van der Waals surface area contributed by atoms with Gasteiger partial charge in [-0.15, -0.1) is 0 Å². The second-order valence-corrected chi connectivity index (χ2v) is 3.99. The largest absolute Gasteiger partial charge is 0.369 e. The average molecular weight is 185 g/mol. The Hall–Kier alpha value is -0.530. The van der Waals surface area contributed by atoms with E-state index < -0.39 is 0 Å². The number of carbonyl (C=O) groups excluding carboxylic acids is 1. The maximum atomic E-state index is 11.1. The van der Waals surface area contributed by atoms with Gasteiger partial charge in [-0.1, -0.05) is 40.0 Å². The van der Waals surface area contributed by atoms with Gasteiger partial charge in [0.25, 0.3) is 0 Å². The molecular weight excluding hydrogens is 162 g/mol. The molecule has 0 aliphatic carbocycles. The minimum atomic E-state index is -0.117. The van der Waals surface area contributed by atoms with Gasteiger partial charge in [-0.25, -0.2) is 0 Å². The van der Waals surface area contributed by atoms with Crippen molar-refractivity contribution in [3.05, 3.63) is 0 Å². The molecule has 1 unspecified atom stereocenters. The van der Waals surface area contributed by atoms with Crippen LogP contribution in [-0.4, -0.2) is 5.91 Å². The summed E-state index contributed by atoms with van der Waals surface area (Å²) in [5, 5.41) is 0. The molecule has 2 nitrogen and oxygen atoms in total. The highest BCUT2D eigenvalue weighted by atomic mass is 16.1. The van der Waals surface area contributed by atoms with Crippen LogP contribution in [0.2, 0.25) is 0 Å². The van der Waals surface area contributed by atoms with Crippen LogP contribution in [0.25, 0.3) is 0 Å². The summed E-state index contributed by atoms with van der Waals surface area (Å²) in [7, 11) is 0. The van der Waals surface area contributed by atoms with Gasteiger partial charge in [0, 0.05) is 5.92 Å². The topological polar surface area (TPSA) is 43.1 Å². The first-order chi connectivity index (χ1) is 6.11. The fourth-order valence-electron chi connectivity index (χ4n) is 1.48. The first-order valence-electron chi connectivity index (χ1n) is 5.41. The standard InChI is InChI=1S/C11H23NO/c1-4-6-7-10(11(12)13)8-9(3)5-2/h9-10H,4-8H2,1-3H3,(H2,12,13)/t9?,10-/m0/s1. The molecule has 0 aromatic heterocycles. The van der Waals surface area contributed by atoms with Gasteiger partial charge in [0.1, 0.15) is 0 Å². The lowest BCUT2D eigenvalue weighted by atomic mass is 9.90. The third kappa shape index (κ3) is 5.67. The monoisotopic (exact) mass is 185 g/mol. The first kappa shape index (κ1) is 12.5. The summed E-state index contributed by atoms with van der Waals surface area (Å²) in [6, 6.07) is 0. The molecule has 13 heavy (non-hydrogen) atoms. The van der Waals surface area contributed by atoms with Gasteiger partial charge in [-0.05, 0) is 18.8 Å². The molecule has 0 aliphatic rings. The molecule has 2 heteroatoms. The predicted octanol–water partition coefficient (Wildman–Crippen LogP) is 2.71. The number of amides is 1. The Morgan fingerprint density at radius 3 is 2.38 bits per heavy atom. The van der Waals surface area contributed by atoms with Crippen LogP contribution in [0.4, 0.5) is 0 Å². The van der Waals surface area contributed by atoms with Gasteiger partial charge in [-0.2, -0.15) is 0 Å². The lowest BCUT2D eigenvalue weighted by molar-refractivity contribution is -0.122. The summed E-state index contributed by atoms with van der Waals surface area (Å²) in [6.07, 6.45) is 5.33. The quantitative estimate of drug-likeness (QED) is 0.651. The number of rotatable bonds is 7. The van der Waals surface area contributed by atoms with Crippen molar-refractivity contribution in [2.24, 2.45) is 17.6 Å². The Morgan fingerprint density at radius 1 is 1.38 bits per heavy atom. The summed E-state index contributed by atoms with van der Waals surface area (Å²) in [4.78, 5) is 11.1. The third-order valence-corrected chi connectivity index (χ3v) is 2.69. The minimum Gasteiger partial charge on any atom is -0.369 e. The highest BCUT2D eigenvalue weighted by molar-refractivity contribution is 5.76. The van der Waals surface area contributed by atoms with E-state index in [1.807, 2.05) is 0 Å². The summed E-state index contributed by atoms with van der Waals surface area (Å²) in [6.45, 7) is 6.48. The van der Waals surface area contributed by atoms with Crippen LogP contribution in [0.5, 0.6) is 0 Å². The number of carbonyl (C=O) groups is 1. The van der Waals surface area contributed by atoms with Gasteiger partial charge in [-0.3, -0.25) is 4.79 Å². The molecule has 0 spiro atoms. The lowest BCUT2D eigenvalue weighted by Gasteiger charge is -2.16. The van der Waals surface area contributed by atoms with Crippen molar-refractivity contribution >= 4 is 5.91 Å². The Balaban J connectivity index is 3.87. The van der Waals surface area contributed by atoms with E-state index in [1.165, 1.54) is 0 Å². The molecule has 0 radical (unpaired) electrons. The molecule has 0 rings (SSSR count). The van der Waals surface area contributed by atoms with Crippen LogP contribution < -0.4 is 5.73 Å². The van der Waals surface area contributed by atoms with E-state index in [0.29, 0.717) is 5.92 Å². The van der Waals surface area contributed by atoms with E-state index in [2.05, 4.69) is 20.8 Å². The number of hydrogen-bond donors (Lipinski definition) is 1. The Bertz CT molecular complexity index is 145. The van der Waals surface area contributed by atoms with E-state index in [1.54, 1.807) is 0 Å². The molecule has 0 saturated carbocycles. The van der Waals surface area contributed by atoms with Crippen LogP contribution in [-0.2, 0) is 4.79 Å². The smallest absolute Gasteiger partial charge is 0.220 e. The molecule has 78 valence electrons. The van der Waals surface area contributed by atoms with Gasteiger partial charge in [0.05, 0.1) is 0 Å². The maximum Gasteiger partial charge on any atom is 0.220 e. The van der Waals surface area contributed by atoms with E-state index in [-0.39, 0.29) is 11.8 Å². The van der Waals surface area contributed by atoms with Gasteiger partial charge >= 0.3 is 0 Å². The van der Waals surface area contributed by atoms with Crippen molar-refractivity contribution in [3.8, 4) is 0 Å².